The molecule has 4 rings (SSSR count). The van der Waals surface area contributed by atoms with Crippen LogP contribution in [0.25, 0.3) is 11.1 Å². The largest absolute Gasteiger partial charge is 0.516 e. The topological polar surface area (TPSA) is 38.7 Å². The van der Waals surface area contributed by atoms with Crippen molar-refractivity contribution in [1.82, 2.24) is 0 Å². The van der Waals surface area contributed by atoms with Crippen LogP contribution < -0.4 is 4.74 Å². The summed E-state index contributed by atoms with van der Waals surface area (Å²) in [7, 11) is 0. The maximum Gasteiger partial charge on any atom is 0.119 e. The number of aliphatic hydroxyl groups excluding tert-OH is 1. The van der Waals surface area contributed by atoms with E-state index in [0.29, 0.717) is 12.0 Å². The molecule has 2 unspecified atom stereocenters. The van der Waals surface area contributed by atoms with Crippen LogP contribution in [0.5, 0.6) is 5.75 Å². The van der Waals surface area contributed by atoms with Gasteiger partial charge in [0.2, 0.25) is 0 Å². The molecule has 3 heteroatoms. The van der Waals surface area contributed by atoms with Crippen molar-refractivity contribution < 1.29 is 14.6 Å². The van der Waals surface area contributed by atoms with E-state index in [1.54, 1.807) is 0 Å². The van der Waals surface area contributed by atoms with Crippen LogP contribution >= 0.6 is 0 Å². The van der Waals surface area contributed by atoms with Crippen LogP contribution in [0, 0.1) is 31.1 Å². The molecule has 0 bridgehead atoms. The fourth-order valence-corrected chi connectivity index (χ4v) is 5.52. The minimum absolute atomic E-state index is 0.351. The van der Waals surface area contributed by atoms with E-state index in [0.717, 1.165) is 48.2 Å². The van der Waals surface area contributed by atoms with Crippen LogP contribution in [0.4, 0.5) is 0 Å². The molecule has 1 N–H and O–H groups in total. The molecule has 2 atom stereocenters. The molecular weight excluding hydrogens is 468 g/mol. The zero-order chi connectivity index (χ0) is 27.9. The first-order valence-electron chi connectivity index (χ1n) is 13.8. The molecule has 3 nitrogen and oxygen atoms in total. The van der Waals surface area contributed by atoms with Gasteiger partial charge >= 0.3 is 0 Å². The molecule has 2 aliphatic carbocycles. The van der Waals surface area contributed by atoms with Gasteiger partial charge in [0.15, 0.2) is 0 Å². The van der Waals surface area contributed by atoms with Crippen molar-refractivity contribution in [2.45, 2.75) is 73.8 Å². The second kappa shape index (κ2) is 13.0. The zero-order valence-electron chi connectivity index (χ0n) is 24.3. The highest BCUT2D eigenvalue weighted by atomic mass is 16.5. The minimum atomic E-state index is 0.351. The minimum Gasteiger partial charge on any atom is -0.516 e. The third-order valence-corrected chi connectivity index (χ3v) is 7.31. The Morgan fingerprint density at radius 3 is 2.45 bits per heavy atom. The summed E-state index contributed by atoms with van der Waals surface area (Å²) in [5, 5.41) is 7.33. The number of hydrogen-bond donors (Lipinski definition) is 1. The summed E-state index contributed by atoms with van der Waals surface area (Å²) >= 11 is 0. The van der Waals surface area contributed by atoms with Crippen LogP contribution in [-0.4, -0.2) is 11.7 Å². The van der Waals surface area contributed by atoms with Gasteiger partial charge in [-0.3, -0.25) is 0 Å². The second-order valence-electron chi connectivity index (χ2n) is 11.8. The van der Waals surface area contributed by atoms with Gasteiger partial charge in [0.1, 0.15) is 18.1 Å². The van der Waals surface area contributed by atoms with Crippen molar-refractivity contribution in [1.29, 1.82) is 0 Å². The van der Waals surface area contributed by atoms with Crippen LogP contribution in [0.1, 0.15) is 70.1 Å². The Morgan fingerprint density at radius 2 is 1.82 bits per heavy atom. The normalized spacial score (nSPS) is 19.9. The molecule has 0 heterocycles. The summed E-state index contributed by atoms with van der Waals surface area (Å²) in [5.74, 6) is 3.38. The number of hydrogen-bond acceptors (Lipinski definition) is 3. The molecule has 0 amide bonds. The molecule has 0 spiro atoms. The van der Waals surface area contributed by atoms with Crippen LogP contribution in [-0.2, 0) is 11.3 Å². The first kappa shape index (κ1) is 29.4. The molecule has 38 heavy (non-hydrogen) atoms. The first-order valence-corrected chi connectivity index (χ1v) is 13.8. The molecule has 0 aliphatic heterocycles. The molecule has 0 radical (unpaired) electrons. The summed E-state index contributed by atoms with van der Waals surface area (Å²) in [5.41, 5.74) is 9.40. The predicted molar refractivity (Wildman–Crippen MR) is 160 cm³/mol. The fraction of sp³-hybridized carbons (Fsp3) is 0.429. The molecule has 2 saturated carbocycles. The molecule has 0 aromatic heterocycles. The Labute approximate surface area is 230 Å². The summed E-state index contributed by atoms with van der Waals surface area (Å²) in [4.78, 5) is 0. The van der Waals surface area contributed by atoms with Gasteiger partial charge < -0.3 is 14.6 Å². The number of ether oxygens (including phenoxy) is 2. The Bertz CT molecular complexity index is 1170. The van der Waals surface area contributed by atoms with Gasteiger partial charge in [0.25, 0.3) is 0 Å². The Kier molecular flexibility index (Phi) is 10.1. The van der Waals surface area contributed by atoms with E-state index in [4.69, 9.17) is 14.6 Å². The van der Waals surface area contributed by atoms with E-state index in [9.17, 15) is 0 Å². The molecule has 0 saturated heterocycles. The number of fused-ring (bicyclic) bond motifs is 1. The standard InChI is InChI=1S/C33H42O2.C2H4O/c1-8-30-27(19-28-20-31(28)30)17-24(4)35-21-25-11-9-12-26(18-25)32-22(2)15-29(16-23(32)3)34-14-10-13-33(5,6)7;1-2-3/h8-9,11-12,15-18,28,31H,4,10,13-14,19-21H2,1-3,5-7H3;2-3H,1H2/b27-17-,30-8+;. The number of rotatable bonds is 9. The lowest BCUT2D eigenvalue weighted by molar-refractivity contribution is 0.212. The lowest BCUT2D eigenvalue weighted by atomic mass is 9.91. The van der Waals surface area contributed by atoms with Gasteiger partial charge in [0.05, 0.1) is 12.9 Å². The molecule has 2 aromatic carbocycles. The molecule has 2 aromatic rings. The van der Waals surface area contributed by atoms with Crippen LogP contribution in [0.15, 0.2) is 84.9 Å². The molecule has 204 valence electrons. The summed E-state index contributed by atoms with van der Waals surface area (Å²) < 4.78 is 12.1. The van der Waals surface area contributed by atoms with E-state index < -0.39 is 0 Å². The molecular formula is C35H46O3. The Morgan fingerprint density at radius 1 is 1.13 bits per heavy atom. The highest BCUT2D eigenvalue weighted by molar-refractivity contribution is 5.72. The predicted octanol–water partition coefficient (Wildman–Crippen LogP) is 9.81. The van der Waals surface area contributed by atoms with Crippen molar-refractivity contribution in [3.8, 4) is 16.9 Å². The van der Waals surface area contributed by atoms with Gasteiger partial charge in [0, 0.05) is 0 Å². The van der Waals surface area contributed by atoms with Crippen LogP contribution in [0.3, 0.4) is 0 Å². The van der Waals surface area contributed by atoms with Gasteiger partial charge in [-0.25, -0.2) is 0 Å². The Hall–Kier alpha value is -3.20. The average Bonchev–Trinajstić information content (AvgIpc) is 3.51. The lowest BCUT2D eigenvalue weighted by Crippen LogP contribution is -2.08. The maximum absolute atomic E-state index is 7.33. The monoisotopic (exact) mass is 514 g/mol. The van der Waals surface area contributed by atoms with Crippen molar-refractivity contribution >= 4 is 0 Å². The van der Waals surface area contributed by atoms with Crippen molar-refractivity contribution in [3.63, 3.8) is 0 Å². The van der Waals surface area contributed by atoms with Gasteiger partial charge in [-0.2, -0.15) is 0 Å². The highest BCUT2D eigenvalue weighted by Gasteiger charge is 2.46. The summed E-state index contributed by atoms with van der Waals surface area (Å²) in [6.45, 7) is 21.7. The fourth-order valence-electron chi connectivity index (χ4n) is 5.52. The van der Waals surface area contributed by atoms with Crippen molar-refractivity contribution in [2.24, 2.45) is 17.3 Å². The van der Waals surface area contributed by atoms with E-state index in [1.165, 1.54) is 52.7 Å². The molecule has 2 aliphatic rings. The zero-order valence-corrected chi connectivity index (χ0v) is 24.3. The third-order valence-electron chi connectivity index (χ3n) is 7.31. The van der Waals surface area contributed by atoms with E-state index in [-0.39, 0.29) is 0 Å². The van der Waals surface area contributed by atoms with E-state index in [1.807, 2.05) is 0 Å². The van der Waals surface area contributed by atoms with E-state index >= 15 is 0 Å². The first-order chi connectivity index (χ1) is 18.1. The highest BCUT2D eigenvalue weighted by Crippen LogP contribution is 2.57. The van der Waals surface area contributed by atoms with Gasteiger partial charge in [-0.1, -0.05) is 58.2 Å². The maximum atomic E-state index is 7.33. The third kappa shape index (κ3) is 8.15. The molecule has 2 fully saturated rings. The van der Waals surface area contributed by atoms with Crippen molar-refractivity contribution in [2.75, 3.05) is 6.61 Å². The van der Waals surface area contributed by atoms with Gasteiger partial charge in [-0.15, -0.1) is 0 Å². The number of benzene rings is 2. The lowest BCUT2D eigenvalue weighted by Gasteiger charge is -2.18. The summed E-state index contributed by atoms with van der Waals surface area (Å²) in [6, 6.07) is 13.0. The number of aryl methyl sites for hydroxylation is 2. The Balaban J connectivity index is 0.00000127. The SMILES string of the molecule is C=C(/C=C1/CC2CC2/C1=C/C)OCc1cccc(-c2c(C)cc(OCCCC(C)(C)C)cc2C)c1.C=CO. The quantitative estimate of drug-likeness (QED) is 0.267. The van der Waals surface area contributed by atoms with Crippen LogP contribution in [0.2, 0.25) is 0 Å². The van der Waals surface area contributed by atoms with E-state index in [2.05, 4.69) is 103 Å². The summed E-state index contributed by atoms with van der Waals surface area (Å²) in [6.07, 6.45) is 9.95. The average molecular weight is 515 g/mol. The smallest absolute Gasteiger partial charge is 0.119 e. The number of allylic oxidation sites excluding steroid dienone is 4. The number of aliphatic hydroxyl groups is 1. The van der Waals surface area contributed by atoms with Gasteiger partial charge in [-0.05, 0) is 127 Å². The second-order valence-corrected chi connectivity index (χ2v) is 11.8. The van der Waals surface area contributed by atoms with Crippen molar-refractivity contribution in [3.05, 3.63) is 102 Å².